The van der Waals surface area contributed by atoms with E-state index >= 15 is 0 Å². The minimum atomic E-state index is -0.315. The first kappa shape index (κ1) is 32.8. The predicted octanol–water partition coefficient (Wildman–Crippen LogP) is 6.17. The standard InChI is InChI=1S/C32H44O8/c1-37-27-21-25(33)31(39-3)23(29(27)35)19-17-15-13-11-9-7-5-6-8-10-12-14-16-18-20-24-30(36)28(38-2)22-26(34)32(24)40-4/h5-6,21-22H,7-20H2,1-4H3/b6-5-. The second-order valence-corrected chi connectivity index (χ2v) is 9.92. The Hall–Kier alpha value is -3.42. The smallest absolute Gasteiger partial charge is 0.227 e. The zero-order valence-electron chi connectivity index (χ0n) is 24.5. The van der Waals surface area contributed by atoms with E-state index in [0.29, 0.717) is 24.0 Å². The van der Waals surface area contributed by atoms with Crippen molar-refractivity contribution in [2.24, 2.45) is 0 Å². The molecule has 0 spiro atoms. The van der Waals surface area contributed by atoms with Gasteiger partial charge in [-0.15, -0.1) is 0 Å². The molecule has 2 aliphatic carbocycles. The lowest BCUT2D eigenvalue weighted by molar-refractivity contribution is -0.120. The number of ketones is 4. The molecule has 0 N–H and O–H groups in total. The number of unbranched alkanes of at least 4 members (excludes halogenated alkanes) is 10. The largest absolute Gasteiger partial charge is 0.493 e. The fourth-order valence-corrected chi connectivity index (χ4v) is 4.93. The van der Waals surface area contributed by atoms with E-state index in [2.05, 4.69) is 12.2 Å². The number of allylic oxidation sites excluding steroid dienone is 6. The summed E-state index contributed by atoms with van der Waals surface area (Å²) in [6.07, 6.45) is 20.4. The van der Waals surface area contributed by atoms with Crippen molar-refractivity contribution in [3.63, 3.8) is 0 Å². The second-order valence-electron chi connectivity index (χ2n) is 9.92. The summed E-state index contributed by atoms with van der Waals surface area (Å²) in [5.41, 5.74) is 0.836. The lowest BCUT2D eigenvalue weighted by Gasteiger charge is -2.17. The Morgan fingerprint density at radius 1 is 0.500 bits per heavy atom. The molecule has 0 heterocycles. The molecule has 0 radical (unpaired) electrons. The first-order valence-electron chi connectivity index (χ1n) is 14.3. The van der Waals surface area contributed by atoms with Crippen molar-refractivity contribution in [2.45, 2.75) is 89.9 Å². The minimum Gasteiger partial charge on any atom is -0.493 e. The van der Waals surface area contributed by atoms with E-state index in [-0.39, 0.29) is 46.2 Å². The SMILES string of the molecule is COC1=CC(=O)C(OC)=C(CCCCCCC/C=C\CCCCCCCC2=C(OC)C(=O)C=C(OC)C2=O)C1=O. The highest BCUT2D eigenvalue weighted by Gasteiger charge is 2.30. The highest BCUT2D eigenvalue weighted by atomic mass is 16.5. The summed E-state index contributed by atoms with van der Waals surface area (Å²) in [7, 11) is 5.62. The molecule has 0 aromatic heterocycles. The zero-order valence-corrected chi connectivity index (χ0v) is 24.5. The quantitative estimate of drug-likeness (QED) is 0.0996. The van der Waals surface area contributed by atoms with Gasteiger partial charge in [0.15, 0.2) is 23.0 Å². The molecule has 0 atom stereocenters. The number of carbonyl (C=O) groups is 4. The van der Waals surface area contributed by atoms with Crippen LogP contribution in [0, 0.1) is 0 Å². The third-order valence-electron chi connectivity index (χ3n) is 7.13. The molecular weight excluding hydrogens is 512 g/mol. The van der Waals surface area contributed by atoms with Crippen LogP contribution in [0.1, 0.15) is 89.9 Å². The van der Waals surface area contributed by atoms with E-state index < -0.39 is 0 Å². The fraction of sp³-hybridized carbons (Fsp3) is 0.562. The molecule has 0 saturated carbocycles. The molecule has 2 aliphatic rings. The monoisotopic (exact) mass is 556 g/mol. The average molecular weight is 557 g/mol. The van der Waals surface area contributed by atoms with E-state index in [1.165, 1.54) is 40.6 Å². The molecule has 8 heteroatoms. The van der Waals surface area contributed by atoms with E-state index in [9.17, 15) is 19.2 Å². The van der Waals surface area contributed by atoms with Gasteiger partial charge in [-0.2, -0.15) is 0 Å². The van der Waals surface area contributed by atoms with Gasteiger partial charge in [-0.25, -0.2) is 0 Å². The van der Waals surface area contributed by atoms with Crippen molar-refractivity contribution >= 4 is 23.1 Å². The van der Waals surface area contributed by atoms with Gasteiger partial charge in [0.2, 0.25) is 23.1 Å². The van der Waals surface area contributed by atoms with E-state index in [1.807, 2.05) is 0 Å². The van der Waals surface area contributed by atoms with Crippen molar-refractivity contribution in [3.05, 3.63) is 58.5 Å². The molecule has 0 aromatic carbocycles. The number of Topliss-reactive ketones (excluding diaryl/α,β-unsaturated/α-hetero) is 2. The summed E-state index contributed by atoms with van der Waals surface area (Å²) in [6.45, 7) is 0. The number of ether oxygens (including phenoxy) is 4. The molecule has 2 rings (SSSR count). The van der Waals surface area contributed by atoms with Gasteiger partial charge in [0.25, 0.3) is 0 Å². The van der Waals surface area contributed by atoms with Crippen molar-refractivity contribution in [3.8, 4) is 0 Å². The Labute approximate surface area is 238 Å². The van der Waals surface area contributed by atoms with Crippen LogP contribution in [0.15, 0.2) is 58.5 Å². The molecule has 220 valence electrons. The second kappa shape index (κ2) is 18.0. The lowest BCUT2D eigenvalue weighted by Crippen LogP contribution is -2.21. The van der Waals surface area contributed by atoms with Gasteiger partial charge in [-0.1, -0.05) is 50.7 Å². The Morgan fingerprint density at radius 3 is 1.20 bits per heavy atom. The molecular formula is C32H44O8. The van der Waals surface area contributed by atoms with Gasteiger partial charge >= 0.3 is 0 Å². The summed E-state index contributed by atoms with van der Waals surface area (Å²) in [6, 6.07) is 0. The third kappa shape index (κ3) is 9.65. The summed E-state index contributed by atoms with van der Waals surface area (Å²) < 4.78 is 20.4. The molecule has 0 amide bonds. The minimum absolute atomic E-state index is 0.0804. The van der Waals surface area contributed by atoms with Crippen LogP contribution >= 0.6 is 0 Å². The van der Waals surface area contributed by atoms with Crippen LogP contribution in [0.3, 0.4) is 0 Å². The molecule has 0 unspecified atom stereocenters. The topological polar surface area (TPSA) is 105 Å². The van der Waals surface area contributed by atoms with Crippen molar-refractivity contribution < 1.29 is 38.1 Å². The summed E-state index contributed by atoms with van der Waals surface area (Å²) in [4.78, 5) is 49.1. The van der Waals surface area contributed by atoms with Crippen LogP contribution in [0.4, 0.5) is 0 Å². The van der Waals surface area contributed by atoms with Gasteiger partial charge < -0.3 is 18.9 Å². The Bertz CT molecular complexity index is 986. The number of rotatable bonds is 20. The molecule has 8 nitrogen and oxygen atoms in total. The van der Waals surface area contributed by atoms with Crippen LogP contribution in [0.25, 0.3) is 0 Å². The summed E-state index contributed by atoms with van der Waals surface area (Å²) in [5, 5.41) is 0. The van der Waals surface area contributed by atoms with Gasteiger partial charge in [0.05, 0.1) is 28.4 Å². The maximum absolute atomic E-state index is 12.4. The van der Waals surface area contributed by atoms with E-state index in [0.717, 1.165) is 77.0 Å². The fourth-order valence-electron chi connectivity index (χ4n) is 4.93. The van der Waals surface area contributed by atoms with Gasteiger partial charge in [-0.3, -0.25) is 19.2 Å². The zero-order chi connectivity index (χ0) is 29.3. The predicted molar refractivity (Wildman–Crippen MR) is 152 cm³/mol. The lowest BCUT2D eigenvalue weighted by atomic mass is 9.94. The van der Waals surface area contributed by atoms with Crippen LogP contribution in [-0.2, 0) is 38.1 Å². The molecule has 0 aromatic rings. The Morgan fingerprint density at radius 2 is 0.850 bits per heavy atom. The average Bonchev–Trinajstić information content (AvgIpc) is 2.95. The van der Waals surface area contributed by atoms with Gasteiger partial charge in [-0.05, 0) is 51.4 Å². The number of methoxy groups -OCH3 is 4. The highest BCUT2D eigenvalue weighted by molar-refractivity contribution is 6.21. The molecule has 0 bridgehead atoms. The molecule has 40 heavy (non-hydrogen) atoms. The van der Waals surface area contributed by atoms with Gasteiger partial charge in [0, 0.05) is 23.3 Å². The van der Waals surface area contributed by atoms with E-state index in [1.54, 1.807) is 0 Å². The van der Waals surface area contributed by atoms with Crippen molar-refractivity contribution in [1.29, 1.82) is 0 Å². The first-order chi connectivity index (χ1) is 19.4. The van der Waals surface area contributed by atoms with Crippen molar-refractivity contribution in [1.82, 2.24) is 0 Å². The molecule has 0 aliphatic heterocycles. The number of hydrogen-bond acceptors (Lipinski definition) is 8. The Kier molecular flexibility index (Phi) is 14.8. The summed E-state index contributed by atoms with van der Waals surface area (Å²) >= 11 is 0. The third-order valence-corrected chi connectivity index (χ3v) is 7.13. The normalized spacial score (nSPS) is 16.1. The maximum Gasteiger partial charge on any atom is 0.227 e. The van der Waals surface area contributed by atoms with E-state index in [4.69, 9.17) is 18.9 Å². The van der Waals surface area contributed by atoms with Crippen LogP contribution in [-0.4, -0.2) is 51.6 Å². The summed E-state index contributed by atoms with van der Waals surface area (Å²) in [5.74, 6) is -0.698. The van der Waals surface area contributed by atoms with Crippen LogP contribution in [0.5, 0.6) is 0 Å². The molecule has 0 saturated heterocycles. The van der Waals surface area contributed by atoms with Crippen molar-refractivity contribution in [2.75, 3.05) is 28.4 Å². The maximum atomic E-state index is 12.4. The number of hydrogen-bond donors (Lipinski definition) is 0. The van der Waals surface area contributed by atoms with Crippen LogP contribution in [0.2, 0.25) is 0 Å². The first-order valence-corrected chi connectivity index (χ1v) is 14.3. The van der Waals surface area contributed by atoms with Gasteiger partial charge in [0.1, 0.15) is 0 Å². The number of carbonyl (C=O) groups excluding carboxylic acids is 4. The molecule has 0 fully saturated rings. The highest BCUT2D eigenvalue weighted by Crippen LogP contribution is 2.26. The van der Waals surface area contributed by atoms with Crippen LogP contribution < -0.4 is 0 Å². The Balaban J connectivity index is 1.50.